The van der Waals surface area contributed by atoms with Gasteiger partial charge in [-0.1, -0.05) is 35.0 Å². The third kappa shape index (κ3) is 3.60. The van der Waals surface area contributed by atoms with Gasteiger partial charge in [0.15, 0.2) is 11.7 Å². The first-order valence-corrected chi connectivity index (χ1v) is 8.10. The van der Waals surface area contributed by atoms with E-state index in [1.54, 1.807) is 13.0 Å². The van der Waals surface area contributed by atoms with Gasteiger partial charge in [-0.2, -0.15) is 0 Å². The van der Waals surface area contributed by atoms with Crippen LogP contribution in [0.5, 0.6) is 0 Å². The number of carbonyl (C=O) groups excluding carboxylic acids is 2. The van der Waals surface area contributed by atoms with E-state index >= 15 is 0 Å². The highest BCUT2D eigenvalue weighted by molar-refractivity contribution is 6.01. The molecule has 128 valence electrons. The molecule has 0 spiro atoms. The molecule has 0 amide bonds. The van der Waals surface area contributed by atoms with Crippen molar-refractivity contribution in [1.82, 2.24) is 5.16 Å². The standard InChI is InChI=1S/C20H19NO4/c1-12-8-9-13(2)16(10-12)20(23)14(3)24-19(22)11-17-15-6-4-5-7-18(15)25-21-17/h4-10,14H,11H2,1-3H3/t14-/m1/s1. The number of nitrogens with zero attached hydrogens (tertiary/aromatic N) is 1. The maximum atomic E-state index is 12.6. The van der Waals surface area contributed by atoms with Crippen LogP contribution in [0.2, 0.25) is 0 Å². The van der Waals surface area contributed by atoms with E-state index in [1.165, 1.54) is 0 Å². The quantitative estimate of drug-likeness (QED) is 0.523. The minimum absolute atomic E-state index is 0.0402. The zero-order chi connectivity index (χ0) is 18.0. The molecule has 3 rings (SSSR count). The fraction of sp³-hybridized carbons (Fsp3) is 0.250. The lowest BCUT2D eigenvalue weighted by molar-refractivity contribution is -0.145. The van der Waals surface area contributed by atoms with Crippen molar-refractivity contribution in [3.8, 4) is 0 Å². The van der Waals surface area contributed by atoms with Crippen molar-refractivity contribution in [2.24, 2.45) is 0 Å². The molecule has 0 saturated heterocycles. The SMILES string of the molecule is Cc1ccc(C)c(C(=O)[C@@H](C)OC(=O)Cc2noc3ccccc23)c1. The summed E-state index contributed by atoms with van der Waals surface area (Å²) in [4.78, 5) is 24.8. The molecule has 1 atom stereocenters. The summed E-state index contributed by atoms with van der Waals surface area (Å²) in [6.07, 6.45) is -0.896. The maximum absolute atomic E-state index is 12.6. The maximum Gasteiger partial charge on any atom is 0.312 e. The number of fused-ring (bicyclic) bond motifs is 1. The topological polar surface area (TPSA) is 69.4 Å². The van der Waals surface area contributed by atoms with E-state index in [2.05, 4.69) is 5.16 Å². The Morgan fingerprint density at radius 3 is 2.72 bits per heavy atom. The van der Waals surface area contributed by atoms with Crippen LogP contribution in [0.3, 0.4) is 0 Å². The summed E-state index contributed by atoms with van der Waals surface area (Å²) in [7, 11) is 0. The predicted molar refractivity (Wildman–Crippen MR) is 93.5 cm³/mol. The van der Waals surface area contributed by atoms with Crippen LogP contribution in [0.25, 0.3) is 11.0 Å². The summed E-state index contributed by atoms with van der Waals surface area (Å²) in [5.74, 6) is -0.718. The molecule has 0 N–H and O–H groups in total. The molecule has 2 aromatic carbocycles. The molecule has 1 heterocycles. The normalized spacial score (nSPS) is 12.1. The van der Waals surface area contributed by atoms with Crippen molar-refractivity contribution >= 4 is 22.7 Å². The summed E-state index contributed by atoms with van der Waals surface area (Å²) in [6, 6.07) is 12.9. The fourth-order valence-corrected chi connectivity index (χ4v) is 2.71. The molecule has 1 aromatic heterocycles. The van der Waals surface area contributed by atoms with E-state index < -0.39 is 12.1 Å². The van der Waals surface area contributed by atoms with E-state index in [4.69, 9.17) is 9.26 Å². The van der Waals surface area contributed by atoms with Crippen LogP contribution in [0.15, 0.2) is 47.0 Å². The second kappa shape index (κ2) is 6.89. The number of para-hydroxylation sites is 1. The Morgan fingerprint density at radius 1 is 1.16 bits per heavy atom. The van der Waals surface area contributed by atoms with Crippen LogP contribution < -0.4 is 0 Å². The molecule has 0 fully saturated rings. The van der Waals surface area contributed by atoms with Gasteiger partial charge >= 0.3 is 5.97 Å². The van der Waals surface area contributed by atoms with Gasteiger partial charge in [-0.05, 0) is 44.5 Å². The largest absolute Gasteiger partial charge is 0.454 e. The molecule has 0 aliphatic heterocycles. The second-order valence-electron chi connectivity index (χ2n) is 6.12. The molecular weight excluding hydrogens is 318 g/mol. The molecule has 0 aliphatic carbocycles. The number of carbonyl (C=O) groups is 2. The van der Waals surface area contributed by atoms with Crippen molar-refractivity contribution in [2.45, 2.75) is 33.3 Å². The highest BCUT2D eigenvalue weighted by atomic mass is 16.5. The third-order valence-corrected chi connectivity index (χ3v) is 4.10. The average Bonchev–Trinajstić information content (AvgIpc) is 2.99. The number of aromatic nitrogens is 1. The number of Topliss-reactive ketones (excluding diaryl/α,β-unsaturated/α-hetero) is 1. The molecule has 25 heavy (non-hydrogen) atoms. The van der Waals surface area contributed by atoms with Crippen LogP contribution in [-0.2, 0) is 16.0 Å². The lowest BCUT2D eigenvalue weighted by atomic mass is 9.99. The van der Waals surface area contributed by atoms with Crippen LogP contribution in [0.1, 0.15) is 34.1 Å². The first-order chi connectivity index (χ1) is 12.0. The van der Waals surface area contributed by atoms with Crippen LogP contribution in [0, 0.1) is 13.8 Å². The number of esters is 1. The van der Waals surface area contributed by atoms with Crippen LogP contribution >= 0.6 is 0 Å². The highest BCUT2D eigenvalue weighted by Crippen LogP contribution is 2.19. The molecule has 0 aliphatic rings. The molecule has 0 bridgehead atoms. The van der Waals surface area contributed by atoms with Crippen molar-refractivity contribution in [2.75, 3.05) is 0 Å². The minimum atomic E-state index is -0.855. The lowest BCUT2D eigenvalue weighted by Gasteiger charge is -2.14. The van der Waals surface area contributed by atoms with Gasteiger partial charge in [-0.3, -0.25) is 9.59 Å². The van der Waals surface area contributed by atoms with Crippen molar-refractivity contribution in [3.05, 3.63) is 64.8 Å². The van der Waals surface area contributed by atoms with E-state index in [-0.39, 0.29) is 12.2 Å². The van der Waals surface area contributed by atoms with Gasteiger partial charge in [0.05, 0.1) is 6.42 Å². The molecule has 5 heteroatoms. The van der Waals surface area contributed by atoms with Crippen molar-refractivity contribution in [3.63, 3.8) is 0 Å². The molecule has 0 saturated carbocycles. The summed E-state index contributed by atoms with van der Waals surface area (Å²) < 4.78 is 10.5. The second-order valence-corrected chi connectivity index (χ2v) is 6.12. The molecular formula is C20H19NO4. The number of ether oxygens (including phenoxy) is 1. The van der Waals surface area contributed by atoms with Gasteiger partial charge in [-0.25, -0.2) is 0 Å². The Kier molecular flexibility index (Phi) is 4.65. The first kappa shape index (κ1) is 16.9. The Balaban J connectivity index is 1.70. The van der Waals surface area contributed by atoms with Crippen LogP contribution in [0.4, 0.5) is 0 Å². The van der Waals surface area contributed by atoms with Crippen LogP contribution in [-0.4, -0.2) is 23.0 Å². The molecule has 5 nitrogen and oxygen atoms in total. The van der Waals surface area contributed by atoms with E-state index in [9.17, 15) is 9.59 Å². The van der Waals surface area contributed by atoms with Gasteiger partial charge in [0.1, 0.15) is 5.69 Å². The van der Waals surface area contributed by atoms with Gasteiger partial charge in [0.25, 0.3) is 0 Å². The molecule has 0 radical (unpaired) electrons. The molecule has 3 aromatic rings. The number of rotatable bonds is 5. The Bertz CT molecular complexity index is 942. The van der Waals surface area contributed by atoms with Gasteiger partial charge in [0, 0.05) is 10.9 Å². The Hall–Kier alpha value is -2.95. The number of aryl methyl sites for hydroxylation is 2. The summed E-state index contributed by atoms with van der Waals surface area (Å²) in [6.45, 7) is 5.37. The number of benzene rings is 2. The summed E-state index contributed by atoms with van der Waals surface area (Å²) >= 11 is 0. The number of ketones is 1. The number of hydrogen-bond donors (Lipinski definition) is 0. The predicted octanol–water partition coefficient (Wildman–Crippen LogP) is 3.80. The molecule has 0 unspecified atom stereocenters. The van der Waals surface area contributed by atoms with Gasteiger partial charge in [0.2, 0.25) is 5.78 Å². The van der Waals surface area contributed by atoms with E-state index in [0.717, 1.165) is 16.5 Å². The monoisotopic (exact) mass is 337 g/mol. The zero-order valence-electron chi connectivity index (χ0n) is 14.4. The zero-order valence-corrected chi connectivity index (χ0v) is 14.4. The average molecular weight is 337 g/mol. The summed E-state index contributed by atoms with van der Waals surface area (Å²) in [5.41, 5.74) is 3.55. The van der Waals surface area contributed by atoms with Gasteiger partial charge in [-0.15, -0.1) is 0 Å². The first-order valence-electron chi connectivity index (χ1n) is 8.10. The number of hydrogen-bond acceptors (Lipinski definition) is 5. The Labute approximate surface area is 145 Å². The highest BCUT2D eigenvalue weighted by Gasteiger charge is 2.22. The minimum Gasteiger partial charge on any atom is -0.454 e. The third-order valence-electron chi connectivity index (χ3n) is 4.10. The van der Waals surface area contributed by atoms with Gasteiger partial charge < -0.3 is 9.26 Å². The summed E-state index contributed by atoms with van der Waals surface area (Å²) in [5, 5.41) is 4.68. The van der Waals surface area contributed by atoms with E-state index in [0.29, 0.717) is 16.8 Å². The van der Waals surface area contributed by atoms with Crippen molar-refractivity contribution in [1.29, 1.82) is 0 Å². The smallest absolute Gasteiger partial charge is 0.312 e. The fourth-order valence-electron chi connectivity index (χ4n) is 2.71. The van der Waals surface area contributed by atoms with E-state index in [1.807, 2.05) is 50.2 Å². The van der Waals surface area contributed by atoms with Crippen molar-refractivity contribution < 1.29 is 18.8 Å². The lowest BCUT2D eigenvalue weighted by Crippen LogP contribution is -2.26. The Morgan fingerprint density at radius 2 is 1.92 bits per heavy atom.